The second-order valence-corrected chi connectivity index (χ2v) is 5.47. The van der Waals surface area contributed by atoms with Crippen molar-refractivity contribution in [1.29, 1.82) is 0 Å². The van der Waals surface area contributed by atoms with Crippen LogP contribution in [0.25, 0.3) is 0 Å². The summed E-state index contributed by atoms with van der Waals surface area (Å²) in [5, 5.41) is 10.0. The molecule has 1 unspecified atom stereocenters. The number of aliphatic hydroxyl groups is 1. The van der Waals surface area contributed by atoms with Gasteiger partial charge in [0.15, 0.2) is 0 Å². The van der Waals surface area contributed by atoms with Crippen molar-refractivity contribution in [2.45, 2.75) is 38.2 Å². The minimum absolute atomic E-state index is 0.230. The second-order valence-electron chi connectivity index (χ2n) is 4.55. The van der Waals surface area contributed by atoms with E-state index in [2.05, 4.69) is 15.9 Å². The van der Waals surface area contributed by atoms with Gasteiger partial charge in [0.2, 0.25) is 0 Å². The van der Waals surface area contributed by atoms with E-state index in [9.17, 15) is 9.50 Å². The van der Waals surface area contributed by atoms with Gasteiger partial charge >= 0.3 is 0 Å². The minimum atomic E-state index is -0.391. The molecule has 0 heterocycles. The molecule has 1 aromatic rings. The molecular weight excluding hydrogens is 271 g/mol. The van der Waals surface area contributed by atoms with Crippen LogP contribution in [0.5, 0.6) is 0 Å². The molecule has 1 atom stereocenters. The average molecular weight is 287 g/mol. The Bertz CT molecular complexity index is 361. The lowest BCUT2D eigenvalue weighted by Crippen LogP contribution is -2.20. The highest BCUT2D eigenvalue weighted by molar-refractivity contribution is 9.10. The fourth-order valence-corrected chi connectivity index (χ4v) is 2.75. The van der Waals surface area contributed by atoms with Crippen molar-refractivity contribution < 1.29 is 9.50 Å². The molecule has 3 heteroatoms. The first-order valence-corrected chi connectivity index (χ1v) is 6.58. The van der Waals surface area contributed by atoms with E-state index >= 15 is 0 Å². The van der Waals surface area contributed by atoms with Gasteiger partial charge in [-0.25, -0.2) is 4.39 Å². The highest BCUT2D eigenvalue weighted by Crippen LogP contribution is 2.29. The molecule has 1 fully saturated rings. The molecule has 0 amide bonds. The maximum absolute atomic E-state index is 13.6. The largest absolute Gasteiger partial charge is 0.392 e. The van der Waals surface area contributed by atoms with Crippen LogP contribution in [0.1, 0.15) is 31.2 Å². The molecule has 1 aromatic carbocycles. The summed E-state index contributed by atoms with van der Waals surface area (Å²) >= 11 is 3.23. The van der Waals surface area contributed by atoms with E-state index in [-0.39, 0.29) is 5.82 Å². The van der Waals surface area contributed by atoms with Crippen molar-refractivity contribution in [3.05, 3.63) is 34.1 Å². The van der Waals surface area contributed by atoms with E-state index in [4.69, 9.17) is 0 Å². The van der Waals surface area contributed by atoms with Crippen LogP contribution >= 0.6 is 15.9 Å². The van der Waals surface area contributed by atoms with Crippen LogP contribution in [-0.2, 0) is 6.42 Å². The third-order valence-electron chi connectivity index (χ3n) is 3.39. The molecule has 0 aliphatic heterocycles. The Morgan fingerprint density at radius 1 is 1.38 bits per heavy atom. The van der Waals surface area contributed by atoms with Gasteiger partial charge in [0, 0.05) is 10.9 Å². The van der Waals surface area contributed by atoms with Crippen LogP contribution in [0.15, 0.2) is 22.7 Å². The van der Waals surface area contributed by atoms with Gasteiger partial charge in [0.05, 0.1) is 6.10 Å². The summed E-state index contributed by atoms with van der Waals surface area (Å²) in [4.78, 5) is 0. The number of rotatable bonds is 3. The van der Waals surface area contributed by atoms with Gasteiger partial charge in [-0.3, -0.25) is 0 Å². The van der Waals surface area contributed by atoms with E-state index in [1.165, 1.54) is 18.9 Å². The molecule has 1 nitrogen and oxygen atoms in total. The summed E-state index contributed by atoms with van der Waals surface area (Å²) in [7, 11) is 0. The molecule has 0 spiro atoms. The molecule has 1 aliphatic rings. The molecule has 0 bridgehead atoms. The van der Waals surface area contributed by atoms with Crippen molar-refractivity contribution in [2.24, 2.45) is 5.92 Å². The van der Waals surface area contributed by atoms with Crippen LogP contribution in [0.2, 0.25) is 0 Å². The van der Waals surface area contributed by atoms with E-state index in [0.29, 0.717) is 17.9 Å². The Kier molecular flexibility index (Phi) is 3.98. The normalized spacial score (nSPS) is 18.9. The molecule has 0 radical (unpaired) electrons. The Hall–Kier alpha value is -0.410. The van der Waals surface area contributed by atoms with Gasteiger partial charge in [0.25, 0.3) is 0 Å². The van der Waals surface area contributed by atoms with Crippen LogP contribution < -0.4 is 0 Å². The number of benzene rings is 1. The lowest BCUT2D eigenvalue weighted by atomic mass is 9.95. The fraction of sp³-hybridized carbons (Fsp3) is 0.538. The quantitative estimate of drug-likeness (QED) is 0.899. The van der Waals surface area contributed by atoms with Crippen molar-refractivity contribution >= 4 is 15.9 Å². The second kappa shape index (κ2) is 5.28. The Morgan fingerprint density at radius 2 is 2.06 bits per heavy atom. The summed E-state index contributed by atoms with van der Waals surface area (Å²) in [5.41, 5.74) is 0.614. The summed E-state index contributed by atoms with van der Waals surface area (Å²) in [6, 6.07) is 5.02. The lowest BCUT2D eigenvalue weighted by Gasteiger charge is -2.17. The van der Waals surface area contributed by atoms with Gasteiger partial charge in [-0.15, -0.1) is 0 Å². The molecule has 0 saturated heterocycles. The van der Waals surface area contributed by atoms with Gasteiger partial charge in [-0.05, 0) is 36.5 Å². The summed E-state index contributed by atoms with van der Waals surface area (Å²) in [6.45, 7) is 0. The van der Waals surface area contributed by atoms with E-state index < -0.39 is 6.10 Å². The van der Waals surface area contributed by atoms with E-state index in [1.807, 2.05) is 6.07 Å². The molecule has 16 heavy (non-hydrogen) atoms. The summed E-state index contributed by atoms with van der Waals surface area (Å²) in [6.07, 6.45) is 4.61. The predicted octanol–water partition coefficient (Wildman–Crippen LogP) is 3.68. The predicted molar refractivity (Wildman–Crippen MR) is 65.8 cm³/mol. The van der Waals surface area contributed by atoms with E-state index in [0.717, 1.165) is 17.3 Å². The van der Waals surface area contributed by atoms with Crippen molar-refractivity contribution in [2.75, 3.05) is 0 Å². The molecule has 1 saturated carbocycles. The first kappa shape index (κ1) is 12.1. The highest BCUT2D eigenvalue weighted by atomic mass is 79.9. The van der Waals surface area contributed by atoms with Gasteiger partial charge < -0.3 is 5.11 Å². The van der Waals surface area contributed by atoms with Crippen molar-refractivity contribution in [3.8, 4) is 0 Å². The van der Waals surface area contributed by atoms with Crippen LogP contribution in [-0.4, -0.2) is 11.2 Å². The number of hydrogen-bond acceptors (Lipinski definition) is 1. The Morgan fingerprint density at radius 3 is 2.69 bits per heavy atom. The third-order valence-corrected chi connectivity index (χ3v) is 3.88. The fourth-order valence-electron chi connectivity index (χ4n) is 2.42. The smallest absolute Gasteiger partial charge is 0.127 e. The van der Waals surface area contributed by atoms with Gasteiger partial charge in [0.1, 0.15) is 5.82 Å². The zero-order valence-corrected chi connectivity index (χ0v) is 10.7. The van der Waals surface area contributed by atoms with Crippen LogP contribution in [0, 0.1) is 11.7 Å². The van der Waals surface area contributed by atoms with E-state index in [1.54, 1.807) is 6.07 Å². The molecule has 88 valence electrons. The number of halogens is 2. The summed E-state index contributed by atoms with van der Waals surface area (Å²) < 4.78 is 14.3. The first-order chi connectivity index (χ1) is 7.66. The monoisotopic (exact) mass is 286 g/mol. The molecule has 2 rings (SSSR count). The topological polar surface area (TPSA) is 20.2 Å². The van der Waals surface area contributed by atoms with Crippen molar-refractivity contribution in [1.82, 2.24) is 0 Å². The number of hydrogen-bond donors (Lipinski definition) is 1. The zero-order valence-electron chi connectivity index (χ0n) is 9.13. The molecule has 1 aliphatic carbocycles. The van der Waals surface area contributed by atoms with Gasteiger partial charge in [-0.1, -0.05) is 34.8 Å². The SMILES string of the molecule is OC(Cc1ccc(Br)cc1F)C1CCCC1. The maximum Gasteiger partial charge on any atom is 0.127 e. The summed E-state index contributed by atoms with van der Waals surface area (Å²) in [5.74, 6) is 0.134. The third kappa shape index (κ3) is 2.83. The Labute approximate surface area is 104 Å². The van der Waals surface area contributed by atoms with Crippen molar-refractivity contribution in [3.63, 3.8) is 0 Å². The Balaban J connectivity index is 2.02. The highest BCUT2D eigenvalue weighted by Gasteiger charge is 2.23. The number of aliphatic hydroxyl groups excluding tert-OH is 1. The zero-order chi connectivity index (χ0) is 11.5. The molecule has 1 N–H and O–H groups in total. The molecule has 0 aromatic heterocycles. The molecular formula is C13H16BrFO. The lowest BCUT2D eigenvalue weighted by molar-refractivity contribution is 0.110. The average Bonchev–Trinajstić information content (AvgIpc) is 2.75. The minimum Gasteiger partial charge on any atom is -0.392 e. The first-order valence-electron chi connectivity index (χ1n) is 5.79. The maximum atomic E-state index is 13.6. The van der Waals surface area contributed by atoms with Crippen LogP contribution in [0.3, 0.4) is 0 Å². The van der Waals surface area contributed by atoms with Crippen LogP contribution in [0.4, 0.5) is 4.39 Å². The van der Waals surface area contributed by atoms with Gasteiger partial charge in [-0.2, -0.15) is 0 Å². The standard InChI is InChI=1S/C13H16BrFO/c14-11-6-5-10(12(15)8-11)7-13(16)9-3-1-2-4-9/h5-6,8-9,13,16H,1-4,7H2.